The van der Waals surface area contributed by atoms with Crippen molar-refractivity contribution in [2.24, 2.45) is 5.92 Å². The molecule has 1 N–H and O–H groups in total. The van der Waals surface area contributed by atoms with Gasteiger partial charge in [0.15, 0.2) is 6.10 Å². The van der Waals surface area contributed by atoms with Crippen LogP contribution in [0.2, 0.25) is 0 Å². The summed E-state index contributed by atoms with van der Waals surface area (Å²) in [7, 11) is 0. The maximum Gasteiger partial charge on any atom is 0.334 e. The molecule has 0 saturated carbocycles. The summed E-state index contributed by atoms with van der Waals surface area (Å²) in [6.45, 7) is 2.54. The second kappa shape index (κ2) is 7.35. The van der Waals surface area contributed by atoms with Gasteiger partial charge < -0.3 is 14.7 Å². The van der Waals surface area contributed by atoms with Crippen molar-refractivity contribution in [3.05, 3.63) is 35.6 Å². The number of carboxylic acid groups (broad SMARTS) is 1. The predicted octanol–water partition coefficient (Wildman–Crippen LogP) is 1.71. The first-order valence-corrected chi connectivity index (χ1v) is 7.35. The van der Waals surface area contributed by atoms with Crippen molar-refractivity contribution in [3.8, 4) is 0 Å². The molecule has 1 aliphatic heterocycles. The number of benzene rings is 1. The maximum atomic E-state index is 13.1. The molecule has 6 heteroatoms. The highest BCUT2D eigenvalue weighted by Gasteiger charge is 2.30. The monoisotopic (exact) mass is 309 g/mol. The van der Waals surface area contributed by atoms with E-state index >= 15 is 0 Å². The van der Waals surface area contributed by atoms with Crippen LogP contribution in [-0.4, -0.2) is 47.7 Å². The van der Waals surface area contributed by atoms with Crippen molar-refractivity contribution in [2.45, 2.75) is 25.9 Å². The quantitative estimate of drug-likeness (QED) is 0.899. The Kier molecular flexibility index (Phi) is 5.49. The minimum atomic E-state index is -1.05. The Morgan fingerprint density at radius 3 is 2.95 bits per heavy atom. The van der Waals surface area contributed by atoms with Gasteiger partial charge in [0.2, 0.25) is 5.91 Å². The molecule has 22 heavy (non-hydrogen) atoms. The fraction of sp³-hybridized carbons (Fsp3) is 0.500. The molecule has 1 aliphatic rings. The molecule has 2 atom stereocenters. The molecule has 1 saturated heterocycles. The van der Waals surface area contributed by atoms with Gasteiger partial charge in [0.25, 0.3) is 0 Å². The molecule has 0 aromatic heterocycles. The van der Waals surface area contributed by atoms with Crippen LogP contribution >= 0.6 is 0 Å². The summed E-state index contributed by atoms with van der Waals surface area (Å²) >= 11 is 0. The van der Waals surface area contributed by atoms with Gasteiger partial charge in [-0.1, -0.05) is 19.1 Å². The van der Waals surface area contributed by atoms with Crippen LogP contribution < -0.4 is 0 Å². The molecule has 0 bridgehead atoms. The van der Waals surface area contributed by atoms with E-state index in [2.05, 4.69) is 0 Å². The zero-order valence-electron chi connectivity index (χ0n) is 12.5. The van der Waals surface area contributed by atoms with Crippen LogP contribution in [0.4, 0.5) is 4.39 Å². The van der Waals surface area contributed by atoms with Gasteiger partial charge in [-0.15, -0.1) is 0 Å². The molecule has 1 fully saturated rings. The van der Waals surface area contributed by atoms with Crippen molar-refractivity contribution >= 4 is 11.9 Å². The minimum Gasteiger partial charge on any atom is -0.479 e. The number of ether oxygens (including phenoxy) is 1. The second-order valence-corrected chi connectivity index (χ2v) is 5.55. The Morgan fingerprint density at radius 2 is 2.27 bits per heavy atom. The van der Waals surface area contributed by atoms with Gasteiger partial charge in [-0.2, -0.15) is 0 Å². The van der Waals surface area contributed by atoms with Gasteiger partial charge in [-0.3, -0.25) is 4.79 Å². The zero-order valence-corrected chi connectivity index (χ0v) is 12.5. The molecule has 5 nitrogen and oxygen atoms in total. The molecule has 0 aliphatic carbocycles. The van der Waals surface area contributed by atoms with E-state index in [9.17, 15) is 14.0 Å². The SMILES string of the molecule is C[C@@H](CCc1cccc(F)c1)C(=O)N1CCO[C@@H](C(=O)O)C1. The third-order valence-corrected chi connectivity index (χ3v) is 3.83. The lowest BCUT2D eigenvalue weighted by molar-refractivity contribution is -0.160. The number of halogens is 1. The Balaban J connectivity index is 1.87. The zero-order chi connectivity index (χ0) is 16.1. The number of carbonyl (C=O) groups is 2. The Morgan fingerprint density at radius 1 is 1.50 bits per heavy atom. The number of amides is 1. The summed E-state index contributed by atoms with van der Waals surface area (Å²) in [5, 5.41) is 8.96. The molecule has 1 aromatic rings. The van der Waals surface area contributed by atoms with E-state index in [4.69, 9.17) is 9.84 Å². The van der Waals surface area contributed by atoms with Crippen molar-refractivity contribution in [1.29, 1.82) is 0 Å². The molecular weight excluding hydrogens is 289 g/mol. The summed E-state index contributed by atoms with van der Waals surface area (Å²) in [6, 6.07) is 6.33. The average molecular weight is 309 g/mol. The van der Waals surface area contributed by atoms with E-state index in [1.54, 1.807) is 11.0 Å². The standard InChI is InChI=1S/C16H20FNO4/c1-11(5-6-12-3-2-4-13(17)9-12)15(19)18-7-8-22-14(10-18)16(20)21/h2-4,9,11,14H,5-8,10H2,1H3,(H,20,21)/t11-,14+/m0/s1. The van der Waals surface area contributed by atoms with E-state index in [-0.39, 0.29) is 30.8 Å². The first-order valence-electron chi connectivity index (χ1n) is 7.35. The largest absolute Gasteiger partial charge is 0.479 e. The third kappa shape index (κ3) is 4.27. The van der Waals surface area contributed by atoms with Crippen molar-refractivity contribution in [2.75, 3.05) is 19.7 Å². The van der Waals surface area contributed by atoms with Gasteiger partial charge in [0.05, 0.1) is 13.2 Å². The van der Waals surface area contributed by atoms with Gasteiger partial charge in [0.1, 0.15) is 5.82 Å². The fourth-order valence-electron chi connectivity index (χ4n) is 2.51. The molecule has 0 spiro atoms. The fourth-order valence-corrected chi connectivity index (χ4v) is 2.51. The van der Waals surface area contributed by atoms with Gasteiger partial charge in [0, 0.05) is 12.5 Å². The van der Waals surface area contributed by atoms with Crippen LogP contribution in [-0.2, 0) is 20.7 Å². The second-order valence-electron chi connectivity index (χ2n) is 5.55. The Hall–Kier alpha value is -1.95. The molecule has 0 unspecified atom stereocenters. The number of aliphatic carboxylic acids is 1. The summed E-state index contributed by atoms with van der Waals surface area (Å²) in [5.74, 6) is -1.65. The number of rotatable bonds is 5. The van der Waals surface area contributed by atoms with E-state index in [1.165, 1.54) is 12.1 Å². The van der Waals surface area contributed by atoms with Crippen LogP contribution in [0.3, 0.4) is 0 Å². The minimum absolute atomic E-state index is 0.0778. The van der Waals surface area contributed by atoms with Crippen molar-refractivity contribution in [3.63, 3.8) is 0 Å². The van der Waals surface area contributed by atoms with Crippen molar-refractivity contribution in [1.82, 2.24) is 4.90 Å². The molecule has 0 radical (unpaired) electrons. The predicted molar refractivity (Wildman–Crippen MR) is 77.8 cm³/mol. The summed E-state index contributed by atoms with van der Waals surface area (Å²) in [4.78, 5) is 24.8. The van der Waals surface area contributed by atoms with Crippen LogP contribution in [0.5, 0.6) is 0 Å². The first kappa shape index (κ1) is 16.4. The highest BCUT2D eigenvalue weighted by Crippen LogP contribution is 2.15. The van der Waals surface area contributed by atoms with Crippen molar-refractivity contribution < 1.29 is 23.8 Å². The average Bonchev–Trinajstić information content (AvgIpc) is 2.52. The summed E-state index contributed by atoms with van der Waals surface area (Å²) in [5.41, 5.74) is 0.852. The van der Waals surface area contributed by atoms with E-state index in [0.29, 0.717) is 19.4 Å². The van der Waals surface area contributed by atoms with Crippen LogP contribution in [0.25, 0.3) is 0 Å². The Bertz CT molecular complexity index is 549. The van der Waals surface area contributed by atoms with Crippen LogP contribution in [0.15, 0.2) is 24.3 Å². The number of carbonyl (C=O) groups excluding carboxylic acids is 1. The maximum absolute atomic E-state index is 13.1. The lowest BCUT2D eigenvalue weighted by atomic mass is 9.99. The van der Waals surface area contributed by atoms with E-state index in [0.717, 1.165) is 5.56 Å². The highest BCUT2D eigenvalue weighted by molar-refractivity contribution is 5.80. The molecule has 120 valence electrons. The lowest BCUT2D eigenvalue weighted by Crippen LogP contribution is -2.50. The van der Waals surface area contributed by atoms with E-state index < -0.39 is 12.1 Å². The molecular formula is C16H20FNO4. The number of hydrogen-bond acceptors (Lipinski definition) is 3. The smallest absolute Gasteiger partial charge is 0.334 e. The number of aryl methyl sites for hydroxylation is 1. The van der Waals surface area contributed by atoms with Gasteiger partial charge >= 0.3 is 5.97 Å². The molecule has 1 amide bonds. The number of morpholine rings is 1. The lowest BCUT2D eigenvalue weighted by Gasteiger charge is -2.32. The number of carboxylic acids is 1. The van der Waals surface area contributed by atoms with Gasteiger partial charge in [-0.05, 0) is 30.5 Å². The Labute approximate surface area is 128 Å². The van der Waals surface area contributed by atoms with Crippen LogP contribution in [0, 0.1) is 11.7 Å². The first-order chi connectivity index (χ1) is 10.5. The number of hydrogen-bond donors (Lipinski definition) is 1. The normalized spacial score (nSPS) is 19.7. The molecule has 1 heterocycles. The topological polar surface area (TPSA) is 66.8 Å². The summed E-state index contributed by atoms with van der Waals surface area (Å²) < 4.78 is 18.2. The van der Waals surface area contributed by atoms with E-state index in [1.807, 2.05) is 13.0 Å². The molecule has 2 rings (SSSR count). The number of nitrogens with zero attached hydrogens (tertiary/aromatic N) is 1. The molecule has 1 aromatic carbocycles. The third-order valence-electron chi connectivity index (χ3n) is 3.83. The van der Waals surface area contributed by atoms with Crippen LogP contribution in [0.1, 0.15) is 18.9 Å². The highest BCUT2D eigenvalue weighted by atomic mass is 19.1. The van der Waals surface area contributed by atoms with Gasteiger partial charge in [-0.25, -0.2) is 9.18 Å². The summed E-state index contributed by atoms with van der Waals surface area (Å²) in [6.07, 6.45) is 0.252.